The zero-order valence-electron chi connectivity index (χ0n) is 9.56. The lowest BCUT2D eigenvalue weighted by molar-refractivity contribution is -0.117. The molecule has 0 aliphatic rings. The molecule has 17 heavy (non-hydrogen) atoms. The van der Waals surface area contributed by atoms with Crippen LogP contribution in [0.3, 0.4) is 0 Å². The van der Waals surface area contributed by atoms with E-state index in [4.69, 9.17) is 10.5 Å². The molecule has 0 saturated carbocycles. The van der Waals surface area contributed by atoms with Crippen molar-refractivity contribution < 1.29 is 9.53 Å². The first-order chi connectivity index (χ1) is 8.10. The fourth-order valence-corrected chi connectivity index (χ4v) is 2.14. The number of fused-ring (bicyclic) bond motifs is 1. The smallest absolute Gasteiger partial charge is 0.230 e. The van der Waals surface area contributed by atoms with Gasteiger partial charge in [-0.05, 0) is 19.1 Å². The van der Waals surface area contributed by atoms with E-state index in [1.807, 2.05) is 18.2 Å². The fourth-order valence-electron chi connectivity index (χ4n) is 1.37. The van der Waals surface area contributed by atoms with Crippen LogP contribution in [0, 0.1) is 0 Å². The van der Waals surface area contributed by atoms with Crippen molar-refractivity contribution in [1.82, 2.24) is 9.97 Å². The number of benzene rings is 1. The van der Waals surface area contributed by atoms with Crippen molar-refractivity contribution in [2.75, 3.05) is 7.11 Å². The molecule has 2 aromatic rings. The maximum absolute atomic E-state index is 11.0. The Balaban J connectivity index is 2.28. The van der Waals surface area contributed by atoms with Gasteiger partial charge >= 0.3 is 0 Å². The number of H-pyrrole nitrogens is 1. The highest BCUT2D eigenvalue weighted by Crippen LogP contribution is 2.25. The molecule has 5 nitrogen and oxygen atoms in total. The second kappa shape index (κ2) is 4.67. The lowest BCUT2D eigenvalue weighted by Gasteiger charge is -2.02. The Labute approximate surface area is 103 Å². The summed E-state index contributed by atoms with van der Waals surface area (Å²) in [4.78, 5) is 18.4. The molecule has 6 heteroatoms. The zero-order chi connectivity index (χ0) is 12.4. The first kappa shape index (κ1) is 11.8. The van der Waals surface area contributed by atoms with Gasteiger partial charge in [0.25, 0.3) is 0 Å². The Kier molecular flexibility index (Phi) is 3.23. The Morgan fingerprint density at radius 3 is 3.00 bits per heavy atom. The van der Waals surface area contributed by atoms with E-state index in [9.17, 15) is 4.79 Å². The Bertz CT molecular complexity index is 553. The molecule has 1 amide bonds. The van der Waals surface area contributed by atoms with Gasteiger partial charge in [0.2, 0.25) is 5.91 Å². The minimum absolute atomic E-state index is 0.308. The van der Waals surface area contributed by atoms with E-state index in [-0.39, 0.29) is 11.2 Å². The number of nitrogens with one attached hydrogen (secondary N) is 1. The number of thioether (sulfide) groups is 1. The van der Waals surface area contributed by atoms with Crippen LogP contribution < -0.4 is 10.5 Å². The van der Waals surface area contributed by atoms with Gasteiger partial charge in [0.1, 0.15) is 5.75 Å². The fraction of sp³-hybridized carbons (Fsp3) is 0.273. The standard InChI is InChI=1S/C11H13N3O2S/c1-6(10(12)15)17-11-13-8-4-3-7(16-2)5-9(8)14-11/h3-6H,1-2H3,(H2,12,15)(H,13,14)/t6-/m0/s1. The van der Waals surface area contributed by atoms with Crippen LogP contribution >= 0.6 is 11.8 Å². The van der Waals surface area contributed by atoms with Crippen molar-refractivity contribution >= 4 is 28.7 Å². The third-order valence-electron chi connectivity index (χ3n) is 2.36. The molecule has 2 rings (SSSR count). The van der Waals surface area contributed by atoms with Gasteiger partial charge in [-0.15, -0.1) is 0 Å². The summed E-state index contributed by atoms with van der Waals surface area (Å²) in [7, 11) is 1.61. The topological polar surface area (TPSA) is 81.0 Å². The molecule has 0 fully saturated rings. The molecule has 0 aliphatic heterocycles. The first-order valence-corrected chi connectivity index (χ1v) is 5.98. The number of nitrogens with zero attached hydrogens (tertiary/aromatic N) is 1. The number of methoxy groups -OCH3 is 1. The van der Waals surface area contributed by atoms with Gasteiger partial charge in [-0.25, -0.2) is 4.98 Å². The van der Waals surface area contributed by atoms with Gasteiger partial charge < -0.3 is 15.5 Å². The van der Waals surface area contributed by atoms with Crippen LogP contribution in [0.4, 0.5) is 0 Å². The molecule has 1 heterocycles. The lowest BCUT2D eigenvalue weighted by atomic mass is 10.3. The second-order valence-electron chi connectivity index (χ2n) is 3.59. The van der Waals surface area contributed by atoms with Crippen LogP contribution in [0.25, 0.3) is 11.0 Å². The number of aromatic nitrogens is 2. The number of amides is 1. The number of hydrogen-bond acceptors (Lipinski definition) is 4. The Hall–Kier alpha value is -1.69. The van der Waals surface area contributed by atoms with Crippen molar-refractivity contribution in [2.24, 2.45) is 5.73 Å². The number of ether oxygens (including phenoxy) is 1. The second-order valence-corrected chi connectivity index (χ2v) is 4.92. The van der Waals surface area contributed by atoms with Crippen molar-refractivity contribution in [3.8, 4) is 5.75 Å². The van der Waals surface area contributed by atoms with Crippen molar-refractivity contribution in [1.29, 1.82) is 0 Å². The molecular weight excluding hydrogens is 238 g/mol. The number of aromatic amines is 1. The summed E-state index contributed by atoms with van der Waals surface area (Å²) in [5, 5.41) is 0.372. The van der Waals surface area contributed by atoms with Gasteiger partial charge in [0, 0.05) is 6.07 Å². The normalized spacial score (nSPS) is 12.6. The number of nitrogens with two attached hydrogens (primary N) is 1. The first-order valence-electron chi connectivity index (χ1n) is 5.10. The molecule has 0 bridgehead atoms. The van der Waals surface area contributed by atoms with Gasteiger partial charge in [0.05, 0.1) is 23.4 Å². The number of rotatable bonds is 4. The molecular formula is C11H13N3O2S. The number of primary amides is 1. The number of carbonyl (C=O) groups is 1. The predicted octanol–water partition coefficient (Wildman–Crippen LogP) is 1.54. The van der Waals surface area contributed by atoms with Crippen LogP contribution in [-0.2, 0) is 4.79 Å². The molecule has 0 spiro atoms. The predicted molar refractivity (Wildman–Crippen MR) is 67.2 cm³/mol. The molecule has 0 aliphatic carbocycles. The minimum atomic E-state index is -0.354. The summed E-state index contributed by atoms with van der Waals surface area (Å²) < 4.78 is 5.12. The van der Waals surface area contributed by atoms with Crippen LogP contribution in [0.15, 0.2) is 23.4 Å². The summed E-state index contributed by atoms with van der Waals surface area (Å²) in [5.74, 6) is 0.411. The molecule has 0 saturated heterocycles. The third-order valence-corrected chi connectivity index (χ3v) is 3.36. The minimum Gasteiger partial charge on any atom is -0.497 e. The molecule has 90 valence electrons. The van der Waals surface area contributed by atoms with Crippen LogP contribution in [0.2, 0.25) is 0 Å². The van der Waals surface area contributed by atoms with Crippen LogP contribution in [0.5, 0.6) is 5.75 Å². The molecule has 0 unspecified atom stereocenters. The zero-order valence-corrected chi connectivity index (χ0v) is 10.4. The summed E-state index contributed by atoms with van der Waals surface area (Å²) in [6, 6.07) is 5.57. The quantitative estimate of drug-likeness (QED) is 0.808. The number of imidazole rings is 1. The maximum Gasteiger partial charge on any atom is 0.230 e. The highest BCUT2D eigenvalue weighted by Gasteiger charge is 2.13. The van der Waals surface area contributed by atoms with E-state index in [0.717, 1.165) is 16.8 Å². The van der Waals surface area contributed by atoms with Crippen LogP contribution in [0.1, 0.15) is 6.92 Å². The average Bonchev–Trinajstić information content (AvgIpc) is 2.69. The lowest BCUT2D eigenvalue weighted by Crippen LogP contribution is -2.22. The summed E-state index contributed by atoms with van der Waals surface area (Å²) in [6.45, 7) is 1.75. The number of carbonyl (C=O) groups excluding carboxylic acids is 1. The maximum atomic E-state index is 11.0. The van der Waals surface area contributed by atoms with E-state index < -0.39 is 0 Å². The Morgan fingerprint density at radius 1 is 1.59 bits per heavy atom. The SMILES string of the molecule is COc1ccc2nc(S[C@@H](C)C(N)=O)[nH]c2c1. The van der Waals surface area contributed by atoms with Crippen molar-refractivity contribution in [3.05, 3.63) is 18.2 Å². The molecule has 1 aromatic carbocycles. The summed E-state index contributed by atoms with van der Waals surface area (Å²) in [5.41, 5.74) is 6.92. The summed E-state index contributed by atoms with van der Waals surface area (Å²) >= 11 is 1.31. The highest BCUT2D eigenvalue weighted by molar-refractivity contribution is 8.00. The van der Waals surface area contributed by atoms with Gasteiger partial charge in [-0.3, -0.25) is 4.79 Å². The van der Waals surface area contributed by atoms with E-state index >= 15 is 0 Å². The van der Waals surface area contributed by atoms with Crippen LogP contribution in [-0.4, -0.2) is 28.2 Å². The average molecular weight is 251 g/mol. The summed E-state index contributed by atoms with van der Waals surface area (Å²) in [6.07, 6.45) is 0. The van der Waals surface area contributed by atoms with Crippen molar-refractivity contribution in [3.63, 3.8) is 0 Å². The van der Waals surface area contributed by atoms with E-state index in [0.29, 0.717) is 5.16 Å². The third kappa shape index (κ3) is 2.52. The van der Waals surface area contributed by atoms with E-state index in [1.54, 1.807) is 14.0 Å². The highest BCUT2D eigenvalue weighted by atomic mass is 32.2. The Morgan fingerprint density at radius 2 is 2.35 bits per heavy atom. The number of hydrogen-bond donors (Lipinski definition) is 2. The molecule has 1 atom stereocenters. The van der Waals surface area contributed by atoms with Gasteiger partial charge in [0.15, 0.2) is 5.16 Å². The van der Waals surface area contributed by atoms with Gasteiger partial charge in [-0.2, -0.15) is 0 Å². The van der Waals surface area contributed by atoms with Gasteiger partial charge in [-0.1, -0.05) is 11.8 Å². The molecule has 1 aromatic heterocycles. The molecule has 0 radical (unpaired) electrons. The monoisotopic (exact) mass is 251 g/mol. The van der Waals surface area contributed by atoms with E-state index in [2.05, 4.69) is 9.97 Å². The van der Waals surface area contributed by atoms with Crippen molar-refractivity contribution in [2.45, 2.75) is 17.3 Å². The largest absolute Gasteiger partial charge is 0.497 e. The molecule has 3 N–H and O–H groups in total. The van der Waals surface area contributed by atoms with E-state index in [1.165, 1.54) is 11.8 Å².